The van der Waals surface area contributed by atoms with E-state index in [9.17, 15) is 4.79 Å². The van der Waals surface area contributed by atoms with Gasteiger partial charge in [-0.15, -0.1) is 0 Å². The van der Waals surface area contributed by atoms with Crippen molar-refractivity contribution in [3.05, 3.63) is 0 Å². The van der Waals surface area contributed by atoms with Crippen LogP contribution < -0.4 is 5.32 Å². The Morgan fingerprint density at radius 2 is 1.95 bits per heavy atom. The van der Waals surface area contributed by atoms with Crippen LogP contribution in [0.1, 0.15) is 27.2 Å². The monoisotopic (exact) mass is 271 g/mol. The SMILES string of the molecule is COC[C@@H](C)NC(=O)N1CCCN(CC(C)C)CC1. The van der Waals surface area contributed by atoms with Crippen LogP contribution in [-0.4, -0.2) is 68.3 Å². The first kappa shape index (κ1) is 16.2. The van der Waals surface area contributed by atoms with Gasteiger partial charge in [0.1, 0.15) is 0 Å². The normalized spacial score (nSPS) is 19.3. The number of carbonyl (C=O) groups is 1. The van der Waals surface area contributed by atoms with Gasteiger partial charge in [0.05, 0.1) is 12.6 Å². The van der Waals surface area contributed by atoms with Crippen molar-refractivity contribution in [1.82, 2.24) is 15.1 Å². The molecule has 0 saturated carbocycles. The second-order valence-corrected chi connectivity index (χ2v) is 5.84. The molecule has 1 rings (SSSR count). The highest BCUT2D eigenvalue weighted by Crippen LogP contribution is 2.06. The molecule has 112 valence electrons. The average Bonchev–Trinajstić information content (AvgIpc) is 2.54. The molecular formula is C14H29N3O2. The third kappa shape index (κ3) is 6.25. The number of ether oxygens (including phenoxy) is 1. The summed E-state index contributed by atoms with van der Waals surface area (Å²) in [5.41, 5.74) is 0. The van der Waals surface area contributed by atoms with E-state index in [4.69, 9.17) is 4.74 Å². The molecule has 1 heterocycles. The molecule has 0 radical (unpaired) electrons. The third-order valence-corrected chi connectivity index (χ3v) is 3.29. The minimum atomic E-state index is 0.0379. The number of hydrogen-bond acceptors (Lipinski definition) is 3. The fourth-order valence-electron chi connectivity index (χ4n) is 2.47. The molecule has 1 aliphatic rings. The highest BCUT2D eigenvalue weighted by atomic mass is 16.5. The Labute approximate surface area is 117 Å². The van der Waals surface area contributed by atoms with Crippen LogP contribution in [0.25, 0.3) is 0 Å². The molecule has 1 N–H and O–H groups in total. The van der Waals surface area contributed by atoms with Crippen LogP contribution in [0.3, 0.4) is 0 Å². The van der Waals surface area contributed by atoms with E-state index in [0.717, 1.165) is 39.1 Å². The molecular weight excluding hydrogens is 242 g/mol. The zero-order valence-electron chi connectivity index (χ0n) is 12.8. The zero-order chi connectivity index (χ0) is 14.3. The quantitative estimate of drug-likeness (QED) is 0.822. The average molecular weight is 271 g/mol. The number of urea groups is 1. The Hall–Kier alpha value is -0.810. The van der Waals surface area contributed by atoms with Gasteiger partial charge in [-0.2, -0.15) is 0 Å². The van der Waals surface area contributed by atoms with Crippen molar-refractivity contribution in [2.75, 3.05) is 46.4 Å². The first-order valence-electron chi connectivity index (χ1n) is 7.29. The maximum absolute atomic E-state index is 12.1. The topological polar surface area (TPSA) is 44.8 Å². The van der Waals surface area contributed by atoms with Crippen LogP contribution in [0.2, 0.25) is 0 Å². The van der Waals surface area contributed by atoms with Gasteiger partial charge < -0.3 is 19.9 Å². The molecule has 1 aliphatic heterocycles. The van der Waals surface area contributed by atoms with Crippen LogP contribution in [0.4, 0.5) is 4.79 Å². The molecule has 0 spiro atoms. The van der Waals surface area contributed by atoms with Crippen LogP contribution in [0.15, 0.2) is 0 Å². The smallest absolute Gasteiger partial charge is 0.317 e. The Morgan fingerprint density at radius 1 is 1.21 bits per heavy atom. The zero-order valence-corrected chi connectivity index (χ0v) is 12.8. The first-order chi connectivity index (χ1) is 9.02. The fraction of sp³-hybridized carbons (Fsp3) is 0.929. The molecule has 0 aromatic carbocycles. The Bertz CT molecular complexity index is 271. The van der Waals surface area contributed by atoms with E-state index < -0.39 is 0 Å². The van der Waals surface area contributed by atoms with E-state index in [1.807, 2.05) is 11.8 Å². The summed E-state index contributed by atoms with van der Waals surface area (Å²) in [7, 11) is 1.65. The lowest BCUT2D eigenvalue weighted by atomic mass is 10.2. The maximum atomic E-state index is 12.1. The molecule has 0 aromatic rings. The van der Waals surface area contributed by atoms with Crippen LogP contribution in [0.5, 0.6) is 0 Å². The summed E-state index contributed by atoms with van der Waals surface area (Å²) in [6, 6.07) is 0.100. The van der Waals surface area contributed by atoms with Gasteiger partial charge in [0, 0.05) is 33.3 Å². The standard InChI is InChI=1S/C14H29N3O2/c1-12(2)10-16-6-5-7-17(9-8-16)14(18)15-13(3)11-19-4/h12-13H,5-11H2,1-4H3,(H,15,18)/t13-/m1/s1. The van der Waals surface area contributed by atoms with Crippen molar-refractivity contribution in [1.29, 1.82) is 0 Å². The minimum Gasteiger partial charge on any atom is -0.383 e. The summed E-state index contributed by atoms with van der Waals surface area (Å²) in [6.45, 7) is 11.8. The summed E-state index contributed by atoms with van der Waals surface area (Å²) in [6.07, 6.45) is 1.05. The van der Waals surface area contributed by atoms with Gasteiger partial charge in [0.2, 0.25) is 0 Å². The van der Waals surface area contributed by atoms with Crippen LogP contribution in [-0.2, 0) is 4.74 Å². The molecule has 19 heavy (non-hydrogen) atoms. The number of methoxy groups -OCH3 is 1. The summed E-state index contributed by atoms with van der Waals surface area (Å²) in [4.78, 5) is 16.5. The van der Waals surface area contributed by atoms with Gasteiger partial charge in [0.25, 0.3) is 0 Å². The molecule has 0 aromatic heterocycles. The van der Waals surface area contributed by atoms with E-state index in [0.29, 0.717) is 12.5 Å². The maximum Gasteiger partial charge on any atom is 0.317 e. The van der Waals surface area contributed by atoms with Crippen molar-refractivity contribution in [2.24, 2.45) is 5.92 Å². The molecule has 0 unspecified atom stereocenters. The molecule has 5 heteroatoms. The Balaban J connectivity index is 2.37. The van der Waals surface area contributed by atoms with Crippen molar-refractivity contribution in [2.45, 2.75) is 33.2 Å². The molecule has 0 aliphatic carbocycles. The highest BCUT2D eigenvalue weighted by molar-refractivity contribution is 5.74. The lowest BCUT2D eigenvalue weighted by Gasteiger charge is -2.24. The predicted molar refractivity (Wildman–Crippen MR) is 77.3 cm³/mol. The van der Waals surface area contributed by atoms with Crippen LogP contribution in [0, 0.1) is 5.92 Å². The van der Waals surface area contributed by atoms with Gasteiger partial charge in [0.15, 0.2) is 0 Å². The van der Waals surface area contributed by atoms with E-state index in [1.54, 1.807) is 7.11 Å². The van der Waals surface area contributed by atoms with Gasteiger partial charge >= 0.3 is 6.03 Å². The second kappa shape index (κ2) is 8.38. The summed E-state index contributed by atoms with van der Waals surface area (Å²) in [5, 5.41) is 2.98. The molecule has 1 saturated heterocycles. The Morgan fingerprint density at radius 3 is 2.58 bits per heavy atom. The van der Waals surface area contributed by atoms with Crippen molar-refractivity contribution < 1.29 is 9.53 Å². The predicted octanol–water partition coefficient (Wildman–Crippen LogP) is 1.39. The summed E-state index contributed by atoms with van der Waals surface area (Å²) < 4.78 is 5.04. The van der Waals surface area contributed by atoms with Crippen LogP contribution >= 0.6 is 0 Å². The number of hydrogen-bond donors (Lipinski definition) is 1. The van der Waals surface area contributed by atoms with E-state index in [1.165, 1.54) is 0 Å². The number of nitrogens with zero attached hydrogens (tertiary/aromatic N) is 2. The minimum absolute atomic E-state index is 0.0379. The van der Waals surface area contributed by atoms with E-state index in [-0.39, 0.29) is 12.1 Å². The first-order valence-corrected chi connectivity index (χ1v) is 7.29. The number of nitrogens with one attached hydrogen (secondary N) is 1. The highest BCUT2D eigenvalue weighted by Gasteiger charge is 2.20. The molecule has 1 atom stereocenters. The van der Waals surface area contributed by atoms with E-state index in [2.05, 4.69) is 24.1 Å². The number of carbonyl (C=O) groups excluding carboxylic acids is 1. The lowest BCUT2D eigenvalue weighted by molar-refractivity contribution is 0.159. The molecule has 2 amide bonds. The third-order valence-electron chi connectivity index (χ3n) is 3.29. The Kier molecular flexibility index (Phi) is 7.16. The largest absolute Gasteiger partial charge is 0.383 e. The second-order valence-electron chi connectivity index (χ2n) is 5.84. The molecule has 0 bridgehead atoms. The van der Waals surface area contributed by atoms with Gasteiger partial charge in [-0.3, -0.25) is 0 Å². The van der Waals surface area contributed by atoms with E-state index >= 15 is 0 Å². The van der Waals surface area contributed by atoms with Gasteiger partial charge in [-0.1, -0.05) is 13.8 Å². The number of amides is 2. The number of rotatable bonds is 5. The molecule has 1 fully saturated rings. The fourth-order valence-corrected chi connectivity index (χ4v) is 2.47. The summed E-state index contributed by atoms with van der Waals surface area (Å²) in [5.74, 6) is 0.683. The van der Waals surface area contributed by atoms with Crippen molar-refractivity contribution in [3.63, 3.8) is 0 Å². The lowest BCUT2D eigenvalue weighted by Crippen LogP contribution is -2.46. The van der Waals surface area contributed by atoms with Gasteiger partial charge in [-0.05, 0) is 25.8 Å². The van der Waals surface area contributed by atoms with Crippen molar-refractivity contribution >= 4 is 6.03 Å². The molecule has 5 nitrogen and oxygen atoms in total. The van der Waals surface area contributed by atoms with Crippen molar-refractivity contribution in [3.8, 4) is 0 Å². The van der Waals surface area contributed by atoms with Gasteiger partial charge in [-0.25, -0.2) is 4.79 Å². The summed E-state index contributed by atoms with van der Waals surface area (Å²) >= 11 is 0.